The summed E-state index contributed by atoms with van der Waals surface area (Å²) in [4.78, 5) is 11.0. The molecule has 0 bridgehead atoms. The van der Waals surface area contributed by atoms with Crippen LogP contribution < -0.4 is 10.4 Å². The molecule has 1 aliphatic rings. The fraction of sp³-hybridized carbons (Fsp3) is 0.381. The van der Waals surface area contributed by atoms with Crippen LogP contribution in [0.4, 0.5) is 0 Å². The molecule has 0 radical (unpaired) electrons. The molecule has 2 nitrogen and oxygen atoms in total. The van der Waals surface area contributed by atoms with Gasteiger partial charge in [0.25, 0.3) is 8.32 Å². The number of carbonyl (C=O) groups excluding carboxylic acids is 1. The molecule has 1 saturated carbocycles. The van der Waals surface area contributed by atoms with Crippen molar-refractivity contribution in [1.82, 2.24) is 0 Å². The summed E-state index contributed by atoms with van der Waals surface area (Å²) in [5, 5.41) is 2.60. The van der Waals surface area contributed by atoms with Gasteiger partial charge < -0.3 is 9.22 Å². The molecular formula is C21H26O2Si. The van der Waals surface area contributed by atoms with Crippen molar-refractivity contribution in [3.63, 3.8) is 0 Å². The fourth-order valence-corrected chi connectivity index (χ4v) is 8.24. The SMILES string of the molecule is CC(C)(C)[Si](OC[C@H]1C[C@@H]1C=O)(c1ccccc1)c1ccccc1. The zero-order valence-electron chi connectivity index (χ0n) is 14.7. The fourth-order valence-electron chi connectivity index (χ4n) is 3.62. The molecule has 0 N–H and O–H groups in total. The third-order valence-corrected chi connectivity index (χ3v) is 10.1. The molecule has 2 aromatic carbocycles. The Kier molecular flexibility index (Phi) is 4.75. The number of carbonyl (C=O) groups is 1. The van der Waals surface area contributed by atoms with Crippen molar-refractivity contribution in [3.8, 4) is 0 Å². The maximum atomic E-state index is 11.0. The first-order chi connectivity index (χ1) is 11.5. The molecule has 1 fully saturated rings. The zero-order chi connectivity index (χ0) is 17.2. The predicted molar refractivity (Wildman–Crippen MR) is 101 cm³/mol. The second kappa shape index (κ2) is 6.65. The van der Waals surface area contributed by atoms with Crippen LogP contribution in [-0.2, 0) is 9.22 Å². The molecular weight excluding hydrogens is 312 g/mol. The number of hydrogen-bond acceptors (Lipinski definition) is 2. The smallest absolute Gasteiger partial charge is 0.261 e. The van der Waals surface area contributed by atoms with Crippen molar-refractivity contribution < 1.29 is 9.22 Å². The lowest BCUT2D eigenvalue weighted by molar-refractivity contribution is -0.109. The van der Waals surface area contributed by atoms with E-state index in [1.54, 1.807) is 0 Å². The van der Waals surface area contributed by atoms with Gasteiger partial charge in [-0.3, -0.25) is 0 Å². The van der Waals surface area contributed by atoms with Crippen molar-refractivity contribution in [2.75, 3.05) is 6.61 Å². The van der Waals surface area contributed by atoms with Gasteiger partial charge in [-0.15, -0.1) is 0 Å². The van der Waals surface area contributed by atoms with Gasteiger partial charge in [-0.2, -0.15) is 0 Å². The van der Waals surface area contributed by atoms with Gasteiger partial charge in [0.05, 0.1) is 0 Å². The van der Waals surface area contributed by atoms with Gasteiger partial charge in [-0.25, -0.2) is 0 Å². The minimum Gasteiger partial charge on any atom is -0.407 e. The Balaban J connectivity index is 2.05. The lowest BCUT2D eigenvalue weighted by Crippen LogP contribution is -2.66. The van der Waals surface area contributed by atoms with E-state index in [1.165, 1.54) is 10.4 Å². The normalized spacial score (nSPS) is 20.6. The van der Waals surface area contributed by atoms with Gasteiger partial charge in [0.15, 0.2) is 0 Å². The second-order valence-electron chi connectivity index (χ2n) is 7.77. The van der Waals surface area contributed by atoms with Gasteiger partial charge in [-0.05, 0) is 27.8 Å². The van der Waals surface area contributed by atoms with Gasteiger partial charge in [0.1, 0.15) is 6.29 Å². The van der Waals surface area contributed by atoms with E-state index in [0.29, 0.717) is 12.5 Å². The van der Waals surface area contributed by atoms with E-state index in [-0.39, 0.29) is 11.0 Å². The van der Waals surface area contributed by atoms with E-state index in [0.717, 1.165) is 12.7 Å². The molecule has 2 aromatic rings. The molecule has 126 valence electrons. The minimum atomic E-state index is -2.43. The van der Waals surface area contributed by atoms with Crippen LogP contribution >= 0.6 is 0 Å². The molecule has 3 heteroatoms. The molecule has 2 atom stereocenters. The maximum Gasteiger partial charge on any atom is 0.261 e. The Bertz CT molecular complexity index is 636. The van der Waals surface area contributed by atoms with Crippen LogP contribution in [0.1, 0.15) is 27.2 Å². The maximum absolute atomic E-state index is 11.0. The average Bonchev–Trinajstić information content (AvgIpc) is 3.35. The summed E-state index contributed by atoms with van der Waals surface area (Å²) in [6.45, 7) is 7.52. The van der Waals surface area contributed by atoms with Crippen LogP contribution in [0.2, 0.25) is 5.04 Å². The Morgan fingerprint density at radius 1 is 1.00 bits per heavy atom. The summed E-state index contributed by atoms with van der Waals surface area (Å²) in [5.74, 6) is 0.590. The van der Waals surface area contributed by atoms with E-state index >= 15 is 0 Å². The standard InChI is InChI=1S/C21H26O2Si/c1-21(2,3)24(19-10-6-4-7-11-19,20-12-8-5-9-13-20)23-16-18-14-17(18)15-22/h4-13,15,17-18H,14,16H2,1-3H3/t17-,18-/m1/s1. The van der Waals surface area contributed by atoms with Crippen LogP contribution in [0.5, 0.6) is 0 Å². The molecule has 0 aliphatic heterocycles. The van der Waals surface area contributed by atoms with E-state index in [1.807, 2.05) is 0 Å². The molecule has 24 heavy (non-hydrogen) atoms. The molecule has 0 amide bonds. The van der Waals surface area contributed by atoms with Crippen LogP contribution in [0.15, 0.2) is 60.7 Å². The summed E-state index contributed by atoms with van der Waals surface area (Å²) >= 11 is 0. The summed E-state index contributed by atoms with van der Waals surface area (Å²) in [6.07, 6.45) is 2.06. The molecule has 0 unspecified atom stereocenters. The van der Waals surface area contributed by atoms with Crippen LogP contribution in [-0.4, -0.2) is 21.2 Å². The highest BCUT2D eigenvalue weighted by Gasteiger charge is 2.51. The van der Waals surface area contributed by atoms with Crippen LogP contribution in [0.25, 0.3) is 0 Å². The highest BCUT2D eigenvalue weighted by atomic mass is 28.4. The molecule has 0 aromatic heterocycles. The minimum absolute atomic E-state index is 0.00126. The quantitative estimate of drug-likeness (QED) is 0.596. The zero-order valence-corrected chi connectivity index (χ0v) is 15.7. The second-order valence-corrected chi connectivity index (χ2v) is 12.1. The first-order valence-corrected chi connectivity index (χ1v) is 10.6. The van der Waals surface area contributed by atoms with E-state index in [2.05, 4.69) is 81.4 Å². The lowest BCUT2D eigenvalue weighted by Gasteiger charge is -2.43. The third-order valence-electron chi connectivity index (χ3n) is 5.08. The monoisotopic (exact) mass is 338 g/mol. The Labute approximate surface area is 146 Å². The van der Waals surface area contributed by atoms with Crippen LogP contribution in [0, 0.1) is 11.8 Å². The molecule has 0 spiro atoms. The first-order valence-electron chi connectivity index (χ1n) is 8.69. The molecule has 3 rings (SSSR count). The number of rotatable bonds is 6. The lowest BCUT2D eigenvalue weighted by atomic mass is 10.2. The topological polar surface area (TPSA) is 26.3 Å². The summed E-state index contributed by atoms with van der Waals surface area (Å²) in [7, 11) is -2.43. The van der Waals surface area contributed by atoms with E-state index in [4.69, 9.17) is 4.43 Å². The Hall–Kier alpha value is -1.71. The van der Waals surface area contributed by atoms with Gasteiger partial charge in [0.2, 0.25) is 0 Å². The van der Waals surface area contributed by atoms with E-state index in [9.17, 15) is 4.79 Å². The number of hydrogen-bond donors (Lipinski definition) is 0. The van der Waals surface area contributed by atoms with E-state index < -0.39 is 8.32 Å². The number of benzene rings is 2. The highest BCUT2D eigenvalue weighted by molar-refractivity contribution is 6.99. The largest absolute Gasteiger partial charge is 0.407 e. The molecule has 0 heterocycles. The van der Waals surface area contributed by atoms with Gasteiger partial charge in [0, 0.05) is 12.5 Å². The molecule has 1 aliphatic carbocycles. The summed E-state index contributed by atoms with van der Waals surface area (Å²) in [6, 6.07) is 21.3. The predicted octanol–water partition coefficient (Wildman–Crippen LogP) is 3.40. The van der Waals surface area contributed by atoms with Crippen molar-refractivity contribution in [2.24, 2.45) is 11.8 Å². The van der Waals surface area contributed by atoms with Gasteiger partial charge >= 0.3 is 0 Å². The number of aldehydes is 1. The van der Waals surface area contributed by atoms with Gasteiger partial charge in [-0.1, -0.05) is 81.4 Å². The van der Waals surface area contributed by atoms with Crippen LogP contribution in [0.3, 0.4) is 0 Å². The first kappa shape index (κ1) is 17.1. The average molecular weight is 339 g/mol. The Morgan fingerprint density at radius 3 is 1.88 bits per heavy atom. The summed E-state index contributed by atoms with van der Waals surface area (Å²) in [5.41, 5.74) is 0. The van der Waals surface area contributed by atoms with Crippen molar-refractivity contribution in [3.05, 3.63) is 60.7 Å². The van der Waals surface area contributed by atoms with Crippen molar-refractivity contribution in [1.29, 1.82) is 0 Å². The highest BCUT2D eigenvalue weighted by Crippen LogP contribution is 2.41. The van der Waals surface area contributed by atoms with Crippen molar-refractivity contribution in [2.45, 2.75) is 32.2 Å². The molecule has 0 saturated heterocycles. The summed E-state index contributed by atoms with van der Waals surface area (Å²) < 4.78 is 6.80. The van der Waals surface area contributed by atoms with Crippen molar-refractivity contribution >= 4 is 25.0 Å². The Morgan fingerprint density at radius 2 is 1.50 bits per heavy atom. The third kappa shape index (κ3) is 3.11.